The maximum absolute atomic E-state index is 12.2. The summed E-state index contributed by atoms with van der Waals surface area (Å²) in [5.74, 6) is -0.491. The molecule has 2 amide bonds. The maximum Gasteiger partial charge on any atom is 0.407 e. The van der Waals surface area contributed by atoms with E-state index in [2.05, 4.69) is 10.3 Å². The molecule has 0 spiro atoms. The van der Waals surface area contributed by atoms with Crippen LogP contribution in [0.4, 0.5) is 22.2 Å². The van der Waals surface area contributed by atoms with Gasteiger partial charge in [-0.15, -0.1) is 0 Å². The summed E-state index contributed by atoms with van der Waals surface area (Å²) in [6, 6.07) is 5.14. The van der Waals surface area contributed by atoms with Crippen molar-refractivity contribution in [2.45, 2.75) is 0 Å². The van der Waals surface area contributed by atoms with Gasteiger partial charge in [0.25, 0.3) is 11.9 Å². The van der Waals surface area contributed by atoms with Crippen LogP contribution in [0.25, 0.3) is 0 Å². The van der Waals surface area contributed by atoms with E-state index in [1.807, 2.05) is 11.0 Å². The SMILES string of the molecule is Nc1nc(C(=O)Nc2cc(N3CCN(C(=O)O)CC3)ccc2Cl)co1. The monoisotopic (exact) mass is 365 g/mol. The van der Waals surface area contributed by atoms with Crippen molar-refractivity contribution < 1.29 is 19.1 Å². The molecule has 25 heavy (non-hydrogen) atoms. The average Bonchev–Trinajstić information content (AvgIpc) is 3.03. The van der Waals surface area contributed by atoms with Crippen LogP contribution >= 0.6 is 11.6 Å². The molecule has 0 saturated carbocycles. The largest absolute Gasteiger partial charge is 0.465 e. The van der Waals surface area contributed by atoms with E-state index in [1.165, 1.54) is 4.90 Å². The number of benzene rings is 1. The minimum Gasteiger partial charge on any atom is -0.465 e. The molecule has 1 aliphatic rings. The van der Waals surface area contributed by atoms with E-state index in [0.717, 1.165) is 12.0 Å². The Hall–Kier alpha value is -2.94. The van der Waals surface area contributed by atoms with Gasteiger partial charge in [-0.1, -0.05) is 11.6 Å². The van der Waals surface area contributed by atoms with Gasteiger partial charge in [-0.05, 0) is 18.2 Å². The quantitative estimate of drug-likeness (QED) is 0.759. The summed E-state index contributed by atoms with van der Waals surface area (Å²) in [4.78, 5) is 30.3. The predicted molar refractivity (Wildman–Crippen MR) is 92.1 cm³/mol. The molecule has 2 heterocycles. The topological polar surface area (TPSA) is 125 Å². The lowest BCUT2D eigenvalue weighted by molar-refractivity contribution is 0.102. The number of nitrogens with two attached hydrogens (primary N) is 1. The molecule has 3 rings (SSSR count). The molecule has 1 fully saturated rings. The van der Waals surface area contributed by atoms with Gasteiger partial charge in [0.2, 0.25) is 0 Å². The maximum atomic E-state index is 12.2. The van der Waals surface area contributed by atoms with Gasteiger partial charge in [0.1, 0.15) is 6.26 Å². The van der Waals surface area contributed by atoms with Gasteiger partial charge in [0.05, 0.1) is 10.7 Å². The zero-order chi connectivity index (χ0) is 18.0. The number of carbonyl (C=O) groups excluding carboxylic acids is 1. The number of nitrogen functional groups attached to an aromatic ring is 1. The van der Waals surface area contributed by atoms with E-state index >= 15 is 0 Å². The van der Waals surface area contributed by atoms with Crippen molar-refractivity contribution in [1.82, 2.24) is 9.88 Å². The van der Waals surface area contributed by atoms with Gasteiger partial charge in [-0.2, -0.15) is 4.98 Å². The molecule has 0 radical (unpaired) electrons. The van der Waals surface area contributed by atoms with Crippen LogP contribution in [0.15, 0.2) is 28.9 Å². The molecule has 1 aliphatic heterocycles. The fourth-order valence-corrected chi connectivity index (χ4v) is 2.70. The van der Waals surface area contributed by atoms with Crippen molar-refractivity contribution >= 4 is 41.0 Å². The van der Waals surface area contributed by atoms with E-state index in [4.69, 9.17) is 26.9 Å². The summed E-state index contributed by atoms with van der Waals surface area (Å²) in [5.41, 5.74) is 6.67. The number of rotatable bonds is 3. The lowest BCUT2D eigenvalue weighted by Gasteiger charge is -2.34. The van der Waals surface area contributed by atoms with Crippen LogP contribution < -0.4 is 16.0 Å². The summed E-state index contributed by atoms with van der Waals surface area (Å²) < 4.78 is 4.81. The molecule has 0 unspecified atom stereocenters. The summed E-state index contributed by atoms with van der Waals surface area (Å²) in [5, 5.41) is 12.0. The zero-order valence-corrected chi connectivity index (χ0v) is 13.9. The molecule has 132 valence electrons. The lowest BCUT2D eigenvalue weighted by atomic mass is 10.2. The van der Waals surface area contributed by atoms with E-state index in [9.17, 15) is 9.59 Å². The molecule has 1 aromatic carbocycles. The smallest absolute Gasteiger partial charge is 0.407 e. The van der Waals surface area contributed by atoms with Crippen LogP contribution in [-0.2, 0) is 0 Å². The fraction of sp³-hybridized carbons (Fsp3) is 0.267. The number of piperazine rings is 1. The first-order valence-corrected chi connectivity index (χ1v) is 7.86. The highest BCUT2D eigenvalue weighted by Gasteiger charge is 2.21. The predicted octanol–water partition coefficient (Wildman–Crippen LogP) is 1.96. The number of carbonyl (C=O) groups is 2. The summed E-state index contributed by atoms with van der Waals surface area (Å²) in [6.45, 7) is 1.94. The van der Waals surface area contributed by atoms with Gasteiger partial charge >= 0.3 is 6.09 Å². The Kier molecular flexibility index (Phi) is 4.66. The van der Waals surface area contributed by atoms with Gasteiger partial charge in [0.15, 0.2) is 5.69 Å². The molecule has 0 bridgehead atoms. The van der Waals surface area contributed by atoms with Crippen molar-refractivity contribution in [3.8, 4) is 0 Å². The highest BCUT2D eigenvalue weighted by atomic mass is 35.5. The van der Waals surface area contributed by atoms with Crippen molar-refractivity contribution in [1.29, 1.82) is 0 Å². The minimum atomic E-state index is -0.921. The number of halogens is 1. The average molecular weight is 366 g/mol. The number of oxazole rings is 1. The van der Waals surface area contributed by atoms with Crippen LogP contribution in [0.1, 0.15) is 10.5 Å². The third-order valence-electron chi connectivity index (χ3n) is 3.87. The highest BCUT2D eigenvalue weighted by Crippen LogP contribution is 2.28. The third-order valence-corrected chi connectivity index (χ3v) is 4.20. The Morgan fingerprint density at radius 2 is 2.00 bits per heavy atom. The third kappa shape index (κ3) is 3.77. The summed E-state index contributed by atoms with van der Waals surface area (Å²) >= 11 is 6.15. The van der Waals surface area contributed by atoms with Crippen LogP contribution in [0.2, 0.25) is 5.02 Å². The molecular weight excluding hydrogens is 350 g/mol. The molecule has 1 aromatic heterocycles. The van der Waals surface area contributed by atoms with Gasteiger partial charge in [0, 0.05) is 31.9 Å². The molecule has 10 heteroatoms. The van der Waals surface area contributed by atoms with Crippen LogP contribution in [-0.4, -0.2) is 53.2 Å². The first-order chi connectivity index (χ1) is 11.9. The normalized spacial score (nSPS) is 14.4. The molecule has 0 aliphatic carbocycles. The number of aromatic nitrogens is 1. The second-order valence-corrected chi connectivity index (χ2v) is 5.85. The molecule has 4 N–H and O–H groups in total. The number of hydrogen-bond donors (Lipinski definition) is 3. The Morgan fingerprint density at radius 3 is 2.60 bits per heavy atom. The Labute approximate surface area is 148 Å². The van der Waals surface area contributed by atoms with E-state index in [0.29, 0.717) is 36.9 Å². The fourth-order valence-electron chi connectivity index (χ4n) is 2.54. The van der Waals surface area contributed by atoms with Crippen molar-refractivity contribution in [2.24, 2.45) is 0 Å². The van der Waals surface area contributed by atoms with Crippen molar-refractivity contribution in [3.63, 3.8) is 0 Å². The number of nitrogens with zero attached hydrogens (tertiary/aromatic N) is 3. The molecule has 2 aromatic rings. The van der Waals surface area contributed by atoms with E-state index in [-0.39, 0.29) is 11.7 Å². The molecule has 9 nitrogen and oxygen atoms in total. The first-order valence-electron chi connectivity index (χ1n) is 7.49. The summed E-state index contributed by atoms with van der Waals surface area (Å²) in [7, 11) is 0. The highest BCUT2D eigenvalue weighted by molar-refractivity contribution is 6.34. The second kappa shape index (κ2) is 6.89. The number of nitrogens with one attached hydrogen (secondary N) is 1. The van der Waals surface area contributed by atoms with Crippen LogP contribution in [0.3, 0.4) is 0 Å². The number of amides is 2. The van der Waals surface area contributed by atoms with E-state index < -0.39 is 12.0 Å². The Morgan fingerprint density at radius 1 is 1.28 bits per heavy atom. The summed E-state index contributed by atoms with van der Waals surface area (Å²) in [6.07, 6.45) is 0.240. The Balaban J connectivity index is 1.72. The molecule has 0 atom stereocenters. The standard InChI is InChI=1S/C15H16ClN5O4/c16-10-2-1-9(20-3-5-21(6-4-20)15(23)24)7-11(10)18-13(22)12-8-25-14(17)19-12/h1-2,7-8H,3-6H2,(H2,17,19)(H,18,22)(H,23,24). The number of carboxylic acid groups (broad SMARTS) is 1. The second-order valence-electron chi connectivity index (χ2n) is 5.45. The number of hydrogen-bond acceptors (Lipinski definition) is 6. The van der Waals surface area contributed by atoms with E-state index in [1.54, 1.807) is 12.1 Å². The van der Waals surface area contributed by atoms with Crippen molar-refractivity contribution in [2.75, 3.05) is 42.1 Å². The van der Waals surface area contributed by atoms with Crippen LogP contribution in [0.5, 0.6) is 0 Å². The van der Waals surface area contributed by atoms with Crippen LogP contribution in [0, 0.1) is 0 Å². The van der Waals surface area contributed by atoms with Gasteiger partial charge < -0.3 is 30.4 Å². The molecular formula is C15H16ClN5O4. The Bertz CT molecular complexity index is 801. The van der Waals surface area contributed by atoms with Gasteiger partial charge in [-0.25, -0.2) is 4.79 Å². The zero-order valence-electron chi connectivity index (χ0n) is 13.1. The first kappa shape index (κ1) is 16.9. The minimum absolute atomic E-state index is 0.0500. The number of anilines is 3. The molecule has 1 saturated heterocycles. The lowest BCUT2D eigenvalue weighted by Crippen LogP contribution is -2.48. The van der Waals surface area contributed by atoms with Crippen molar-refractivity contribution in [3.05, 3.63) is 35.2 Å². The van der Waals surface area contributed by atoms with Gasteiger partial charge in [-0.3, -0.25) is 4.79 Å².